The molecule has 3 rings (SSSR count). The normalized spacial score (nSPS) is 29.1. The zero-order chi connectivity index (χ0) is 61.9. The van der Waals surface area contributed by atoms with E-state index in [9.17, 15) is 61.0 Å². The molecule has 3 aliphatic heterocycles. The maximum atomic E-state index is 13.3. The van der Waals surface area contributed by atoms with E-state index in [0.717, 1.165) is 44.9 Å². The summed E-state index contributed by atoms with van der Waals surface area (Å²) in [5.41, 5.74) is 0. The second-order valence-corrected chi connectivity index (χ2v) is 24.6. The monoisotopic (exact) mass is 1220 g/mol. The van der Waals surface area contributed by atoms with Crippen LogP contribution in [0.15, 0.2) is 24.3 Å². The second kappa shape index (κ2) is 49.0. The van der Waals surface area contributed by atoms with E-state index in [4.69, 9.17) is 28.4 Å². The van der Waals surface area contributed by atoms with E-state index in [1.165, 1.54) is 180 Å². The van der Waals surface area contributed by atoms with E-state index >= 15 is 0 Å². The lowest BCUT2D eigenvalue weighted by Crippen LogP contribution is -2.66. The molecular formula is C66H123NO18. The Hall–Kier alpha value is -1.73. The molecule has 3 aliphatic rings. The summed E-state index contributed by atoms with van der Waals surface area (Å²) in [7, 11) is 0. The van der Waals surface area contributed by atoms with Gasteiger partial charge in [-0.3, -0.25) is 4.79 Å². The highest BCUT2D eigenvalue weighted by Crippen LogP contribution is 2.33. The van der Waals surface area contributed by atoms with Gasteiger partial charge in [0.2, 0.25) is 5.91 Å². The van der Waals surface area contributed by atoms with E-state index in [1.54, 1.807) is 6.08 Å². The second-order valence-electron chi connectivity index (χ2n) is 24.6. The molecule has 0 radical (unpaired) electrons. The lowest BCUT2D eigenvalue weighted by molar-refractivity contribution is -0.379. The summed E-state index contributed by atoms with van der Waals surface area (Å²) in [4.78, 5) is 13.3. The minimum atomic E-state index is -1.98. The Morgan fingerprint density at radius 1 is 0.412 bits per heavy atom. The van der Waals surface area contributed by atoms with Crippen LogP contribution >= 0.6 is 0 Å². The zero-order valence-corrected chi connectivity index (χ0v) is 52.6. The average molecular weight is 1220 g/mol. The predicted octanol–water partition coefficient (Wildman–Crippen LogP) is 8.27. The minimum Gasteiger partial charge on any atom is -0.394 e. The van der Waals surface area contributed by atoms with Crippen LogP contribution in [0.4, 0.5) is 0 Å². The summed E-state index contributed by atoms with van der Waals surface area (Å²) in [5.74, 6) is -0.284. The topological polar surface area (TPSA) is 307 Å². The number of nitrogens with one attached hydrogen (secondary N) is 1. The molecule has 1 amide bonds. The molecule has 17 atom stereocenters. The molecule has 0 aliphatic carbocycles. The van der Waals surface area contributed by atoms with Crippen LogP contribution in [0.25, 0.3) is 0 Å². The minimum absolute atomic E-state index is 0.240. The molecule has 85 heavy (non-hydrogen) atoms. The van der Waals surface area contributed by atoms with E-state index in [2.05, 4.69) is 31.3 Å². The third kappa shape index (κ3) is 31.7. The zero-order valence-electron chi connectivity index (χ0n) is 52.6. The van der Waals surface area contributed by atoms with Crippen LogP contribution in [-0.4, -0.2) is 193 Å². The number of carbonyl (C=O) groups excluding carboxylic acids is 1. The van der Waals surface area contributed by atoms with Gasteiger partial charge in [0.25, 0.3) is 0 Å². The van der Waals surface area contributed by atoms with Gasteiger partial charge in [-0.2, -0.15) is 0 Å². The number of unbranched alkanes of at least 4 members (excludes halogenated alkanes) is 34. The summed E-state index contributed by atoms with van der Waals surface area (Å²) in [6.07, 6.45) is 27.9. The molecule has 3 heterocycles. The molecule has 500 valence electrons. The van der Waals surface area contributed by atoms with Crippen LogP contribution in [0.3, 0.4) is 0 Å². The molecule has 12 N–H and O–H groups in total. The van der Waals surface area contributed by atoms with E-state index in [1.807, 2.05) is 6.08 Å². The van der Waals surface area contributed by atoms with Gasteiger partial charge in [0.1, 0.15) is 73.2 Å². The number of rotatable bonds is 52. The molecule has 3 saturated heterocycles. The van der Waals surface area contributed by atoms with E-state index in [-0.39, 0.29) is 18.9 Å². The quantitative estimate of drug-likeness (QED) is 0.0201. The summed E-state index contributed by atoms with van der Waals surface area (Å²) in [6.45, 7) is 1.66. The van der Waals surface area contributed by atoms with E-state index < -0.39 is 124 Å². The van der Waals surface area contributed by atoms with Crippen molar-refractivity contribution >= 4 is 5.91 Å². The van der Waals surface area contributed by atoms with Crippen LogP contribution in [0.5, 0.6) is 0 Å². The van der Waals surface area contributed by atoms with Gasteiger partial charge in [-0.05, 0) is 32.1 Å². The molecule has 0 spiro atoms. The Morgan fingerprint density at radius 3 is 1.18 bits per heavy atom. The average Bonchev–Trinajstić information content (AvgIpc) is 3.55. The van der Waals surface area contributed by atoms with Gasteiger partial charge in [-0.25, -0.2) is 0 Å². The highest BCUT2D eigenvalue weighted by atomic mass is 16.8. The molecular weight excluding hydrogens is 1090 g/mol. The van der Waals surface area contributed by atoms with Crippen molar-refractivity contribution in [2.75, 3.05) is 26.4 Å². The number of allylic oxidation sites excluding steroid dienone is 3. The third-order valence-corrected chi connectivity index (χ3v) is 17.3. The Kier molecular flexibility index (Phi) is 44.7. The largest absolute Gasteiger partial charge is 0.394 e. The molecule has 0 aromatic heterocycles. The van der Waals surface area contributed by atoms with Gasteiger partial charge in [-0.1, -0.05) is 244 Å². The Bertz CT molecular complexity index is 1640. The van der Waals surface area contributed by atoms with Crippen molar-refractivity contribution in [3.8, 4) is 0 Å². The number of hydrogen-bond acceptors (Lipinski definition) is 18. The predicted molar refractivity (Wildman–Crippen MR) is 328 cm³/mol. The Balaban J connectivity index is 1.33. The van der Waals surface area contributed by atoms with Crippen molar-refractivity contribution in [1.82, 2.24) is 5.32 Å². The maximum Gasteiger partial charge on any atom is 0.220 e. The van der Waals surface area contributed by atoms with Crippen molar-refractivity contribution in [2.24, 2.45) is 0 Å². The maximum absolute atomic E-state index is 13.3. The molecule has 19 nitrogen and oxygen atoms in total. The van der Waals surface area contributed by atoms with Gasteiger partial charge < -0.3 is 89.9 Å². The third-order valence-electron chi connectivity index (χ3n) is 17.3. The number of aliphatic hydroxyl groups is 11. The molecule has 0 aromatic rings. The summed E-state index contributed by atoms with van der Waals surface area (Å²) in [6, 6.07) is -0.984. The van der Waals surface area contributed by atoms with Gasteiger partial charge in [-0.15, -0.1) is 0 Å². The van der Waals surface area contributed by atoms with Crippen LogP contribution < -0.4 is 5.32 Å². The van der Waals surface area contributed by atoms with Gasteiger partial charge in [0.05, 0.1) is 38.6 Å². The summed E-state index contributed by atoms with van der Waals surface area (Å²) in [5, 5.41) is 120. The SMILES string of the molecule is CCCCC/C=C/CC/C=C/C(O)C(COC1OC(CO)C(OC2OC(CO)C(OC3OC(CO)C(O)C(O)C3O)C(O)C2O)C(O)C1O)NC(=O)CCCCCCCCCCCCCCCCCCCCCCCCCCCCCCCCC. The fraction of sp³-hybridized carbons (Fsp3) is 0.924. The van der Waals surface area contributed by atoms with Gasteiger partial charge in [0.15, 0.2) is 18.9 Å². The van der Waals surface area contributed by atoms with Crippen molar-refractivity contribution in [2.45, 2.75) is 362 Å². The molecule has 19 heteroatoms. The van der Waals surface area contributed by atoms with Crippen molar-refractivity contribution in [3.63, 3.8) is 0 Å². The summed E-state index contributed by atoms with van der Waals surface area (Å²) >= 11 is 0. The smallest absolute Gasteiger partial charge is 0.220 e. The fourth-order valence-electron chi connectivity index (χ4n) is 11.7. The Morgan fingerprint density at radius 2 is 0.753 bits per heavy atom. The van der Waals surface area contributed by atoms with Crippen LogP contribution in [-0.2, 0) is 33.2 Å². The number of hydrogen-bond donors (Lipinski definition) is 12. The van der Waals surface area contributed by atoms with E-state index in [0.29, 0.717) is 12.8 Å². The molecule has 17 unspecified atom stereocenters. The van der Waals surface area contributed by atoms with Crippen molar-refractivity contribution < 1.29 is 89.4 Å². The fourth-order valence-corrected chi connectivity index (χ4v) is 11.7. The highest BCUT2D eigenvalue weighted by molar-refractivity contribution is 5.76. The number of ether oxygens (including phenoxy) is 6. The first-order chi connectivity index (χ1) is 41.3. The number of amides is 1. The number of aliphatic hydroxyl groups excluding tert-OH is 11. The lowest BCUT2D eigenvalue weighted by Gasteiger charge is -2.48. The van der Waals surface area contributed by atoms with Crippen LogP contribution in [0.2, 0.25) is 0 Å². The molecule has 3 fully saturated rings. The van der Waals surface area contributed by atoms with Crippen LogP contribution in [0.1, 0.15) is 258 Å². The summed E-state index contributed by atoms with van der Waals surface area (Å²) < 4.78 is 34.2. The highest BCUT2D eigenvalue weighted by Gasteiger charge is 2.53. The molecule has 0 aromatic carbocycles. The molecule has 0 saturated carbocycles. The Labute approximate surface area is 511 Å². The van der Waals surface area contributed by atoms with Gasteiger partial charge in [0, 0.05) is 6.42 Å². The lowest BCUT2D eigenvalue weighted by atomic mass is 9.96. The van der Waals surface area contributed by atoms with Crippen LogP contribution in [0, 0.1) is 0 Å². The standard InChI is InChI=1S/C66H123NO18/c1-3-5-7-9-11-13-14-15-16-17-18-19-20-21-22-23-24-25-26-27-28-29-30-31-32-33-34-36-38-40-42-44-54(72)67-49(50(71)43-41-39-37-35-12-10-8-6-4-2)48-80-64-60(78)57(75)62(52(46-69)82-64)85-66-61(79)58(76)63(53(47-70)83-66)84-65-59(77)56(74)55(73)51(45-68)81-65/h12,35,41,43,49-53,55-66,68-71,73-79H,3-11,13-34,36-40,42,44-48H2,1-2H3,(H,67,72)/b35-12+,43-41+. The first kappa shape index (κ1) is 77.5. The van der Waals surface area contributed by atoms with Crippen molar-refractivity contribution in [1.29, 1.82) is 0 Å². The number of carbonyl (C=O) groups is 1. The first-order valence-corrected chi connectivity index (χ1v) is 34.1. The first-order valence-electron chi connectivity index (χ1n) is 34.1. The van der Waals surface area contributed by atoms with Gasteiger partial charge >= 0.3 is 0 Å². The van der Waals surface area contributed by atoms with Crippen molar-refractivity contribution in [3.05, 3.63) is 24.3 Å². The molecule has 0 bridgehead atoms.